The highest BCUT2D eigenvalue weighted by molar-refractivity contribution is 5.75. The van der Waals surface area contributed by atoms with Crippen LogP contribution in [-0.4, -0.2) is 60.6 Å². The number of nitrogens with zero attached hydrogens (tertiary/aromatic N) is 2. The van der Waals surface area contributed by atoms with E-state index >= 15 is 0 Å². The largest absolute Gasteiger partial charge is 0.481 e. The quantitative estimate of drug-likeness (QED) is 0.858. The van der Waals surface area contributed by atoms with Gasteiger partial charge in [0.2, 0.25) is 0 Å². The Labute approximate surface area is 123 Å². The van der Waals surface area contributed by atoms with Crippen LogP contribution in [0.1, 0.15) is 39.5 Å². The molecule has 116 valence electrons. The molecule has 1 heterocycles. The van der Waals surface area contributed by atoms with Crippen molar-refractivity contribution < 1.29 is 9.90 Å². The summed E-state index contributed by atoms with van der Waals surface area (Å²) >= 11 is 0. The average Bonchev–Trinajstić information content (AvgIpc) is 2.73. The van der Waals surface area contributed by atoms with E-state index < -0.39 is 11.4 Å². The van der Waals surface area contributed by atoms with Gasteiger partial charge in [-0.1, -0.05) is 13.8 Å². The second-order valence-electron chi connectivity index (χ2n) is 7.47. The van der Waals surface area contributed by atoms with E-state index in [1.807, 2.05) is 0 Å². The number of aliphatic carboxylic acids is 1. The molecule has 0 aromatic rings. The Morgan fingerprint density at radius 3 is 2.30 bits per heavy atom. The molecule has 0 aromatic carbocycles. The summed E-state index contributed by atoms with van der Waals surface area (Å²) in [6, 6.07) is 0.559. The fraction of sp³-hybridized carbons (Fsp3) is 0.938. The number of carbonyl (C=O) groups is 1. The van der Waals surface area contributed by atoms with Gasteiger partial charge >= 0.3 is 5.97 Å². The first-order chi connectivity index (χ1) is 9.34. The van der Waals surface area contributed by atoms with Gasteiger partial charge in [-0.15, -0.1) is 0 Å². The van der Waals surface area contributed by atoms with Crippen LogP contribution in [0.25, 0.3) is 0 Å². The van der Waals surface area contributed by atoms with Gasteiger partial charge in [-0.3, -0.25) is 4.79 Å². The molecule has 2 atom stereocenters. The van der Waals surface area contributed by atoms with Crippen molar-refractivity contribution in [3.63, 3.8) is 0 Å². The third-order valence-corrected chi connectivity index (χ3v) is 5.52. The van der Waals surface area contributed by atoms with Crippen molar-refractivity contribution in [2.45, 2.75) is 45.6 Å². The molecule has 4 heteroatoms. The molecule has 1 saturated heterocycles. The van der Waals surface area contributed by atoms with Gasteiger partial charge in [-0.25, -0.2) is 0 Å². The van der Waals surface area contributed by atoms with Crippen molar-refractivity contribution in [1.82, 2.24) is 9.80 Å². The Morgan fingerprint density at radius 1 is 1.25 bits per heavy atom. The summed E-state index contributed by atoms with van der Waals surface area (Å²) in [7, 11) is 4.25. The molecule has 4 nitrogen and oxygen atoms in total. The molecule has 1 N–H and O–H groups in total. The molecule has 0 spiro atoms. The lowest BCUT2D eigenvalue weighted by molar-refractivity contribution is -0.153. The summed E-state index contributed by atoms with van der Waals surface area (Å²) in [6.07, 6.45) is 3.82. The summed E-state index contributed by atoms with van der Waals surface area (Å²) in [5.74, 6) is 0.734. The third-order valence-electron chi connectivity index (χ3n) is 5.52. The van der Waals surface area contributed by atoms with E-state index in [-0.39, 0.29) is 0 Å². The first kappa shape index (κ1) is 15.8. The van der Waals surface area contributed by atoms with Crippen LogP contribution in [0.2, 0.25) is 0 Å². The number of carboxylic acids is 1. The number of rotatable bonds is 4. The maximum Gasteiger partial charge on any atom is 0.310 e. The van der Waals surface area contributed by atoms with E-state index in [1.54, 1.807) is 0 Å². The molecule has 1 aliphatic carbocycles. The summed E-state index contributed by atoms with van der Waals surface area (Å²) < 4.78 is 0. The molecule has 2 rings (SSSR count). The fourth-order valence-electron chi connectivity index (χ4n) is 4.03. The first-order valence-electron chi connectivity index (χ1n) is 7.96. The average molecular weight is 282 g/mol. The maximum absolute atomic E-state index is 11.8. The molecule has 1 saturated carbocycles. The lowest BCUT2D eigenvalue weighted by Gasteiger charge is -2.38. The molecule has 20 heavy (non-hydrogen) atoms. The zero-order chi connectivity index (χ0) is 14.9. The number of likely N-dealkylation sites (tertiary alicyclic amines) is 1. The van der Waals surface area contributed by atoms with Gasteiger partial charge in [0.25, 0.3) is 0 Å². The second-order valence-corrected chi connectivity index (χ2v) is 7.47. The molecule has 0 bridgehead atoms. The first-order valence-corrected chi connectivity index (χ1v) is 7.96. The molecule has 0 amide bonds. The SMILES string of the molecule is CC1CCC(CN2CC(C)C(N(C)C)C2)(C(=O)O)CC1. The van der Waals surface area contributed by atoms with Crippen LogP contribution in [0.5, 0.6) is 0 Å². The standard InChI is InChI=1S/C16H30N2O2/c1-12-5-7-16(8-6-12,15(19)20)11-18-9-13(2)14(10-18)17(3)4/h12-14H,5-11H2,1-4H3,(H,19,20). The zero-order valence-corrected chi connectivity index (χ0v) is 13.4. The number of hydrogen-bond donors (Lipinski definition) is 1. The lowest BCUT2D eigenvalue weighted by atomic mass is 9.70. The monoisotopic (exact) mass is 282 g/mol. The predicted molar refractivity (Wildman–Crippen MR) is 80.8 cm³/mol. The number of carboxylic acid groups (broad SMARTS) is 1. The van der Waals surface area contributed by atoms with E-state index in [0.717, 1.165) is 45.3 Å². The molecular formula is C16H30N2O2. The van der Waals surface area contributed by atoms with Crippen molar-refractivity contribution in [2.75, 3.05) is 33.7 Å². The van der Waals surface area contributed by atoms with E-state index in [2.05, 4.69) is 37.7 Å². The summed E-state index contributed by atoms with van der Waals surface area (Å²) in [4.78, 5) is 16.5. The number of likely N-dealkylation sites (N-methyl/N-ethyl adjacent to an activating group) is 1. The van der Waals surface area contributed by atoms with Crippen molar-refractivity contribution in [2.24, 2.45) is 17.3 Å². The van der Waals surface area contributed by atoms with Crippen LogP contribution in [0, 0.1) is 17.3 Å². The Morgan fingerprint density at radius 2 is 1.85 bits per heavy atom. The Balaban J connectivity index is 2.01. The highest BCUT2D eigenvalue weighted by atomic mass is 16.4. The van der Waals surface area contributed by atoms with Crippen LogP contribution in [0.15, 0.2) is 0 Å². The molecule has 2 aliphatic rings. The minimum absolute atomic E-state index is 0.493. The van der Waals surface area contributed by atoms with Crippen LogP contribution in [0.4, 0.5) is 0 Å². The van der Waals surface area contributed by atoms with Gasteiger partial charge in [0, 0.05) is 25.7 Å². The highest BCUT2D eigenvalue weighted by Crippen LogP contribution is 2.40. The molecule has 2 fully saturated rings. The molecular weight excluding hydrogens is 252 g/mol. The highest BCUT2D eigenvalue weighted by Gasteiger charge is 2.44. The lowest BCUT2D eigenvalue weighted by Crippen LogP contribution is -2.45. The van der Waals surface area contributed by atoms with Gasteiger partial charge < -0.3 is 14.9 Å². The van der Waals surface area contributed by atoms with E-state index in [1.165, 1.54) is 0 Å². The van der Waals surface area contributed by atoms with Crippen LogP contribution >= 0.6 is 0 Å². The maximum atomic E-state index is 11.8. The van der Waals surface area contributed by atoms with E-state index in [4.69, 9.17) is 0 Å². The minimum atomic E-state index is -0.578. The molecule has 0 aromatic heterocycles. The van der Waals surface area contributed by atoms with Crippen LogP contribution < -0.4 is 0 Å². The molecule has 1 aliphatic heterocycles. The summed E-state index contributed by atoms with van der Waals surface area (Å²) in [5, 5.41) is 9.74. The van der Waals surface area contributed by atoms with E-state index in [0.29, 0.717) is 17.9 Å². The van der Waals surface area contributed by atoms with Crippen molar-refractivity contribution in [3.8, 4) is 0 Å². The topological polar surface area (TPSA) is 43.8 Å². The predicted octanol–water partition coefficient (Wildman–Crippen LogP) is 2.15. The Kier molecular flexibility index (Phi) is 4.75. The van der Waals surface area contributed by atoms with Crippen molar-refractivity contribution in [3.05, 3.63) is 0 Å². The Hall–Kier alpha value is -0.610. The number of hydrogen-bond acceptors (Lipinski definition) is 3. The normalized spacial score (nSPS) is 39.4. The van der Waals surface area contributed by atoms with Crippen molar-refractivity contribution in [1.29, 1.82) is 0 Å². The smallest absolute Gasteiger partial charge is 0.310 e. The van der Waals surface area contributed by atoms with Gasteiger partial charge in [0.05, 0.1) is 5.41 Å². The minimum Gasteiger partial charge on any atom is -0.481 e. The fourth-order valence-corrected chi connectivity index (χ4v) is 4.03. The second kappa shape index (κ2) is 6.02. The summed E-state index contributed by atoms with van der Waals surface area (Å²) in [6.45, 7) is 7.31. The van der Waals surface area contributed by atoms with Crippen molar-refractivity contribution >= 4 is 5.97 Å². The molecule has 0 radical (unpaired) electrons. The van der Waals surface area contributed by atoms with Gasteiger partial charge in [0.15, 0.2) is 0 Å². The zero-order valence-electron chi connectivity index (χ0n) is 13.4. The summed E-state index contributed by atoms with van der Waals surface area (Å²) in [5.41, 5.74) is -0.493. The van der Waals surface area contributed by atoms with Crippen LogP contribution in [0.3, 0.4) is 0 Å². The van der Waals surface area contributed by atoms with E-state index in [9.17, 15) is 9.90 Å². The third kappa shape index (κ3) is 3.17. The Bertz CT molecular complexity index is 348. The molecule has 2 unspecified atom stereocenters. The van der Waals surface area contributed by atoms with Gasteiger partial charge in [0.1, 0.15) is 0 Å². The van der Waals surface area contributed by atoms with Crippen LogP contribution in [-0.2, 0) is 4.79 Å². The van der Waals surface area contributed by atoms with Gasteiger partial charge in [-0.2, -0.15) is 0 Å². The van der Waals surface area contributed by atoms with Gasteiger partial charge in [-0.05, 0) is 51.6 Å².